The third kappa shape index (κ3) is 5.28. The molecule has 2 N–H and O–H groups in total. The zero-order valence-corrected chi connectivity index (χ0v) is 20.1. The van der Waals surface area contributed by atoms with E-state index in [9.17, 15) is 9.59 Å². The van der Waals surface area contributed by atoms with Crippen molar-refractivity contribution in [3.8, 4) is 0 Å². The van der Waals surface area contributed by atoms with Gasteiger partial charge in [-0.05, 0) is 23.6 Å². The Labute approximate surface area is 199 Å². The molecule has 0 spiro atoms. The lowest BCUT2D eigenvalue weighted by atomic mass is 9.94. The summed E-state index contributed by atoms with van der Waals surface area (Å²) in [6, 6.07) is 7.83. The number of benzene rings is 1. The molecule has 0 saturated carbocycles. The number of amides is 2. The van der Waals surface area contributed by atoms with Gasteiger partial charge in [-0.25, -0.2) is 9.97 Å². The van der Waals surface area contributed by atoms with Crippen molar-refractivity contribution in [2.75, 3.05) is 42.9 Å². The molecular formula is C24H31ClN6O2. The minimum atomic E-state index is -0.265. The zero-order valence-electron chi connectivity index (χ0n) is 19.3. The van der Waals surface area contributed by atoms with Gasteiger partial charge < -0.3 is 20.4 Å². The number of piperazine rings is 1. The molecule has 2 aliphatic rings. The number of nitrogens with zero attached hydrogens (tertiary/aromatic N) is 4. The monoisotopic (exact) mass is 470 g/mol. The highest BCUT2D eigenvalue weighted by Crippen LogP contribution is 2.36. The Kier molecular flexibility index (Phi) is 7.14. The molecule has 3 heterocycles. The van der Waals surface area contributed by atoms with Gasteiger partial charge >= 0.3 is 0 Å². The molecule has 8 nitrogen and oxygen atoms in total. The van der Waals surface area contributed by atoms with Crippen LogP contribution in [0.4, 0.5) is 11.6 Å². The number of hydrogen-bond donors (Lipinski definition) is 2. The minimum Gasteiger partial charge on any atom is -0.353 e. The van der Waals surface area contributed by atoms with Crippen LogP contribution in [0.2, 0.25) is 5.02 Å². The molecule has 1 unspecified atom stereocenters. The lowest BCUT2D eigenvalue weighted by molar-refractivity contribution is -0.133. The molecule has 2 amide bonds. The van der Waals surface area contributed by atoms with Crippen molar-refractivity contribution in [3.05, 3.63) is 46.7 Å². The van der Waals surface area contributed by atoms with Crippen molar-refractivity contribution in [3.63, 3.8) is 0 Å². The maximum atomic E-state index is 13.5. The summed E-state index contributed by atoms with van der Waals surface area (Å²) in [5.41, 5.74) is 1.95. The summed E-state index contributed by atoms with van der Waals surface area (Å²) in [7, 11) is 0. The van der Waals surface area contributed by atoms with Crippen LogP contribution in [0.5, 0.6) is 0 Å². The van der Waals surface area contributed by atoms with Crippen LogP contribution in [0.15, 0.2) is 30.6 Å². The summed E-state index contributed by atoms with van der Waals surface area (Å²) in [4.78, 5) is 38.4. The summed E-state index contributed by atoms with van der Waals surface area (Å²) >= 11 is 6.07. The highest BCUT2D eigenvalue weighted by atomic mass is 35.5. The molecule has 1 aromatic heterocycles. The Morgan fingerprint density at radius 3 is 2.55 bits per heavy atom. The van der Waals surface area contributed by atoms with Crippen LogP contribution >= 0.6 is 11.6 Å². The Hall–Kier alpha value is -2.71. The summed E-state index contributed by atoms with van der Waals surface area (Å²) in [5, 5.41) is 6.93. The number of rotatable bonds is 6. The Balaban J connectivity index is 1.47. The maximum absolute atomic E-state index is 13.5. The number of carbonyl (C=O) groups is 2. The number of halogens is 1. The van der Waals surface area contributed by atoms with E-state index in [0.717, 1.165) is 16.9 Å². The van der Waals surface area contributed by atoms with Gasteiger partial charge in [-0.2, -0.15) is 0 Å². The first-order valence-electron chi connectivity index (χ1n) is 11.5. The van der Waals surface area contributed by atoms with Gasteiger partial charge in [-0.1, -0.05) is 44.5 Å². The van der Waals surface area contributed by atoms with Crippen LogP contribution in [0.3, 0.4) is 0 Å². The first kappa shape index (κ1) is 23.4. The van der Waals surface area contributed by atoms with Crippen LogP contribution in [0.25, 0.3) is 0 Å². The molecule has 1 saturated heterocycles. The van der Waals surface area contributed by atoms with Crippen LogP contribution in [0, 0.1) is 0 Å². The molecule has 9 heteroatoms. The van der Waals surface area contributed by atoms with Gasteiger partial charge in [0.25, 0.3) is 0 Å². The highest BCUT2D eigenvalue weighted by molar-refractivity contribution is 6.30. The smallest absolute Gasteiger partial charge is 0.231 e. The lowest BCUT2D eigenvalue weighted by Gasteiger charge is -2.38. The minimum absolute atomic E-state index is 0.0154. The van der Waals surface area contributed by atoms with E-state index in [2.05, 4.69) is 39.3 Å². The molecule has 2 aromatic rings. The van der Waals surface area contributed by atoms with Crippen LogP contribution in [0.1, 0.15) is 50.2 Å². The fourth-order valence-electron chi connectivity index (χ4n) is 4.51. The van der Waals surface area contributed by atoms with Crippen LogP contribution in [-0.4, -0.2) is 65.4 Å². The van der Waals surface area contributed by atoms with Gasteiger partial charge in [-0.3, -0.25) is 9.59 Å². The summed E-state index contributed by atoms with van der Waals surface area (Å²) in [6.45, 7) is 9.36. The van der Waals surface area contributed by atoms with E-state index < -0.39 is 0 Å². The first-order valence-corrected chi connectivity index (χ1v) is 11.9. The quantitative estimate of drug-likeness (QED) is 0.674. The number of nitrogens with one attached hydrogen (secondary N) is 2. The predicted molar refractivity (Wildman–Crippen MR) is 130 cm³/mol. The van der Waals surface area contributed by atoms with E-state index in [1.165, 1.54) is 6.33 Å². The number of anilines is 2. The maximum Gasteiger partial charge on any atom is 0.231 e. The molecule has 1 aromatic carbocycles. The first-order chi connectivity index (χ1) is 15.8. The molecule has 0 radical (unpaired) electrons. The van der Waals surface area contributed by atoms with Crippen molar-refractivity contribution in [2.45, 2.75) is 45.1 Å². The Morgan fingerprint density at radius 2 is 1.88 bits per heavy atom. The average molecular weight is 471 g/mol. The molecule has 1 fully saturated rings. The molecule has 2 atom stereocenters. The van der Waals surface area contributed by atoms with E-state index in [-0.39, 0.29) is 29.7 Å². The van der Waals surface area contributed by atoms with Gasteiger partial charge in [0.05, 0.1) is 5.92 Å². The van der Waals surface area contributed by atoms with E-state index in [4.69, 9.17) is 11.6 Å². The van der Waals surface area contributed by atoms with E-state index in [0.29, 0.717) is 50.0 Å². The fraction of sp³-hybridized carbons (Fsp3) is 0.500. The van der Waals surface area contributed by atoms with Gasteiger partial charge in [-0.15, -0.1) is 0 Å². The van der Waals surface area contributed by atoms with Crippen molar-refractivity contribution >= 4 is 35.1 Å². The van der Waals surface area contributed by atoms with Gasteiger partial charge in [0.2, 0.25) is 11.8 Å². The number of aromatic nitrogens is 2. The van der Waals surface area contributed by atoms with Crippen molar-refractivity contribution in [1.82, 2.24) is 20.2 Å². The van der Waals surface area contributed by atoms with E-state index >= 15 is 0 Å². The second-order valence-corrected chi connectivity index (χ2v) is 9.53. The summed E-state index contributed by atoms with van der Waals surface area (Å²) in [6.07, 6.45) is 1.93. The molecule has 0 bridgehead atoms. The van der Waals surface area contributed by atoms with Crippen LogP contribution < -0.4 is 15.5 Å². The third-order valence-electron chi connectivity index (χ3n) is 6.30. The molecule has 4 rings (SSSR count). The largest absolute Gasteiger partial charge is 0.353 e. The van der Waals surface area contributed by atoms with Gasteiger partial charge in [0, 0.05) is 55.8 Å². The molecule has 2 aliphatic heterocycles. The topological polar surface area (TPSA) is 90.5 Å². The van der Waals surface area contributed by atoms with E-state index in [1.807, 2.05) is 36.1 Å². The fourth-order valence-corrected chi connectivity index (χ4v) is 4.64. The van der Waals surface area contributed by atoms with Crippen molar-refractivity contribution in [2.24, 2.45) is 0 Å². The third-order valence-corrected chi connectivity index (χ3v) is 6.55. The standard InChI is InChI=1S/C24H31ClN6O2/c1-15(2)26-13-19(17-4-6-18(25)7-5-17)24(33)31-10-8-30(9-11-31)23-21-16(3)12-20(32)29-22(21)27-14-28-23/h4-7,14-16,19,26H,8-13H2,1-3H3,(H,27,28,29,32)/t16?,19-/m1/s1. The lowest BCUT2D eigenvalue weighted by Crippen LogP contribution is -2.51. The van der Waals surface area contributed by atoms with Crippen LogP contribution in [-0.2, 0) is 9.59 Å². The molecular weight excluding hydrogens is 440 g/mol. The van der Waals surface area contributed by atoms with E-state index in [1.54, 1.807) is 0 Å². The zero-order chi connectivity index (χ0) is 23.5. The summed E-state index contributed by atoms with van der Waals surface area (Å²) < 4.78 is 0. The SMILES string of the molecule is CC(C)NC[C@@H](C(=O)N1CCN(c2ncnc3c2C(C)CC(=O)N3)CC1)c1ccc(Cl)cc1. The number of hydrogen-bond acceptors (Lipinski definition) is 6. The molecule has 0 aliphatic carbocycles. The highest BCUT2D eigenvalue weighted by Gasteiger charge is 2.32. The predicted octanol–water partition coefficient (Wildman–Crippen LogP) is 3.01. The average Bonchev–Trinajstić information content (AvgIpc) is 2.79. The normalized spacial score (nSPS) is 19.3. The van der Waals surface area contributed by atoms with Crippen molar-refractivity contribution < 1.29 is 9.59 Å². The van der Waals surface area contributed by atoms with Gasteiger partial charge in [0.1, 0.15) is 18.0 Å². The summed E-state index contributed by atoms with van der Waals surface area (Å²) in [5.74, 6) is 1.35. The second-order valence-electron chi connectivity index (χ2n) is 9.09. The Bertz CT molecular complexity index is 1000. The van der Waals surface area contributed by atoms with Gasteiger partial charge in [0.15, 0.2) is 0 Å². The molecule has 33 heavy (non-hydrogen) atoms. The Morgan fingerprint density at radius 1 is 1.18 bits per heavy atom. The molecule has 176 valence electrons. The second kappa shape index (κ2) is 10.1. The number of fused-ring (bicyclic) bond motifs is 1. The number of carbonyl (C=O) groups excluding carboxylic acids is 2. The van der Waals surface area contributed by atoms with Crippen molar-refractivity contribution in [1.29, 1.82) is 0 Å².